The van der Waals surface area contributed by atoms with Crippen molar-refractivity contribution in [3.8, 4) is 11.5 Å². The van der Waals surface area contributed by atoms with Gasteiger partial charge >= 0.3 is 0 Å². The Kier molecular flexibility index (Phi) is 6.29. The molecule has 0 saturated heterocycles. The molecule has 3 nitrogen and oxygen atoms in total. The van der Waals surface area contributed by atoms with Gasteiger partial charge in [-0.25, -0.2) is 0 Å². The molecule has 0 unspecified atom stereocenters. The van der Waals surface area contributed by atoms with Crippen LogP contribution in [0.25, 0.3) is 6.08 Å². The van der Waals surface area contributed by atoms with Gasteiger partial charge in [0.2, 0.25) is 0 Å². The Morgan fingerprint density at radius 1 is 1.17 bits per heavy atom. The normalized spacial score (nSPS) is 10.7. The van der Waals surface area contributed by atoms with E-state index in [1.54, 1.807) is 37.1 Å². The number of benzene rings is 2. The fraction of sp³-hybridized carbons (Fsp3) is 0.211. The van der Waals surface area contributed by atoms with Crippen LogP contribution in [0.5, 0.6) is 11.5 Å². The van der Waals surface area contributed by atoms with Crippen LogP contribution in [0.3, 0.4) is 0 Å². The van der Waals surface area contributed by atoms with Crippen molar-refractivity contribution >= 4 is 23.6 Å². The molecule has 0 bridgehead atoms. The predicted octanol–water partition coefficient (Wildman–Crippen LogP) is 4.71. The fourth-order valence-electron chi connectivity index (χ4n) is 2.16. The molecule has 0 spiro atoms. The van der Waals surface area contributed by atoms with E-state index in [1.807, 2.05) is 49.6 Å². The Bertz CT molecular complexity index is 708. The van der Waals surface area contributed by atoms with Gasteiger partial charge in [-0.2, -0.15) is 0 Å². The molecule has 120 valence electrons. The Balaban J connectivity index is 2.22. The minimum atomic E-state index is -0.0674. The van der Waals surface area contributed by atoms with Crippen molar-refractivity contribution in [2.75, 3.05) is 20.0 Å². The summed E-state index contributed by atoms with van der Waals surface area (Å²) < 4.78 is 10.9. The first-order valence-corrected chi connectivity index (χ1v) is 8.58. The van der Waals surface area contributed by atoms with Crippen LogP contribution in [0.15, 0.2) is 53.4 Å². The van der Waals surface area contributed by atoms with Crippen molar-refractivity contribution in [3.05, 3.63) is 59.7 Å². The fourth-order valence-corrected chi connectivity index (χ4v) is 2.70. The average molecular weight is 328 g/mol. The summed E-state index contributed by atoms with van der Waals surface area (Å²) in [6.07, 6.45) is 5.32. The SMILES string of the molecule is CCOc1ccccc1C=CC(=O)c1ccc(SC)c(OC)c1. The first-order valence-electron chi connectivity index (χ1n) is 7.35. The zero-order chi connectivity index (χ0) is 16.7. The third-order valence-corrected chi connectivity index (χ3v) is 4.08. The third kappa shape index (κ3) is 4.39. The van der Waals surface area contributed by atoms with E-state index in [1.165, 1.54) is 0 Å². The van der Waals surface area contributed by atoms with Crippen molar-refractivity contribution in [1.29, 1.82) is 0 Å². The molecular formula is C19H20O3S. The second-order valence-corrected chi connectivity index (χ2v) is 5.59. The Labute approximate surface area is 141 Å². The summed E-state index contributed by atoms with van der Waals surface area (Å²) in [5, 5.41) is 0. The van der Waals surface area contributed by atoms with Crippen molar-refractivity contribution in [3.63, 3.8) is 0 Å². The lowest BCUT2D eigenvalue weighted by atomic mass is 10.1. The molecule has 0 aliphatic heterocycles. The number of hydrogen-bond donors (Lipinski definition) is 0. The van der Waals surface area contributed by atoms with E-state index in [0.29, 0.717) is 17.9 Å². The minimum Gasteiger partial charge on any atom is -0.496 e. The van der Waals surface area contributed by atoms with Crippen molar-refractivity contribution in [2.24, 2.45) is 0 Å². The van der Waals surface area contributed by atoms with Crippen molar-refractivity contribution < 1.29 is 14.3 Å². The maximum absolute atomic E-state index is 12.4. The van der Waals surface area contributed by atoms with Gasteiger partial charge in [0.15, 0.2) is 5.78 Å². The number of ketones is 1. The first kappa shape index (κ1) is 17.2. The van der Waals surface area contributed by atoms with Crippen LogP contribution in [0.1, 0.15) is 22.8 Å². The van der Waals surface area contributed by atoms with Gasteiger partial charge in [0.25, 0.3) is 0 Å². The lowest BCUT2D eigenvalue weighted by Crippen LogP contribution is -1.97. The highest BCUT2D eigenvalue weighted by atomic mass is 32.2. The maximum Gasteiger partial charge on any atom is 0.185 e. The molecule has 0 radical (unpaired) electrons. The summed E-state index contributed by atoms with van der Waals surface area (Å²) in [5.74, 6) is 1.42. The lowest BCUT2D eigenvalue weighted by Gasteiger charge is -2.08. The lowest BCUT2D eigenvalue weighted by molar-refractivity contribution is 0.104. The molecule has 23 heavy (non-hydrogen) atoms. The van der Waals surface area contributed by atoms with E-state index >= 15 is 0 Å². The molecule has 4 heteroatoms. The molecule has 0 amide bonds. The van der Waals surface area contributed by atoms with Crippen LogP contribution in [0.2, 0.25) is 0 Å². The van der Waals surface area contributed by atoms with E-state index in [0.717, 1.165) is 16.2 Å². The highest BCUT2D eigenvalue weighted by Gasteiger charge is 2.08. The molecule has 0 atom stereocenters. The van der Waals surface area contributed by atoms with Crippen LogP contribution in [-0.2, 0) is 0 Å². The molecule has 0 aliphatic rings. The molecule has 0 N–H and O–H groups in total. The highest BCUT2D eigenvalue weighted by molar-refractivity contribution is 7.98. The second kappa shape index (κ2) is 8.44. The number of para-hydroxylation sites is 1. The van der Waals surface area contributed by atoms with Crippen LogP contribution in [0, 0.1) is 0 Å². The number of allylic oxidation sites excluding steroid dienone is 1. The summed E-state index contributed by atoms with van der Waals surface area (Å²) in [6, 6.07) is 13.1. The number of rotatable bonds is 7. The quantitative estimate of drug-likeness (QED) is 0.419. The van der Waals surface area contributed by atoms with Gasteiger partial charge in [-0.15, -0.1) is 11.8 Å². The van der Waals surface area contributed by atoms with Crippen LogP contribution < -0.4 is 9.47 Å². The van der Waals surface area contributed by atoms with Gasteiger partial charge in [-0.05, 0) is 49.6 Å². The first-order chi connectivity index (χ1) is 11.2. The molecule has 0 fully saturated rings. The van der Waals surface area contributed by atoms with E-state index in [9.17, 15) is 4.79 Å². The number of hydrogen-bond acceptors (Lipinski definition) is 4. The molecule has 2 aromatic carbocycles. The van der Waals surface area contributed by atoms with Gasteiger partial charge in [0.05, 0.1) is 13.7 Å². The summed E-state index contributed by atoms with van der Waals surface area (Å²) >= 11 is 1.59. The van der Waals surface area contributed by atoms with E-state index in [4.69, 9.17) is 9.47 Å². The molecule has 2 aromatic rings. The standard InChI is InChI=1S/C19H20O3S/c1-4-22-17-8-6-5-7-14(17)9-11-16(20)15-10-12-19(23-3)18(13-15)21-2/h5-13H,4H2,1-3H3. The summed E-state index contributed by atoms with van der Waals surface area (Å²) in [4.78, 5) is 13.4. The largest absolute Gasteiger partial charge is 0.496 e. The molecule has 0 aliphatic carbocycles. The van der Waals surface area contributed by atoms with Crippen LogP contribution in [-0.4, -0.2) is 25.8 Å². The molecular weight excluding hydrogens is 308 g/mol. The molecule has 0 aromatic heterocycles. The van der Waals surface area contributed by atoms with Gasteiger partial charge < -0.3 is 9.47 Å². The van der Waals surface area contributed by atoms with Crippen molar-refractivity contribution in [1.82, 2.24) is 0 Å². The third-order valence-electron chi connectivity index (χ3n) is 3.30. The molecule has 2 rings (SSSR count). The van der Waals surface area contributed by atoms with Crippen molar-refractivity contribution in [2.45, 2.75) is 11.8 Å². The number of thioether (sulfide) groups is 1. The van der Waals surface area contributed by atoms with Gasteiger partial charge in [0.1, 0.15) is 11.5 Å². The summed E-state index contributed by atoms with van der Waals surface area (Å²) in [5.41, 5.74) is 1.49. The number of carbonyl (C=O) groups is 1. The van der Waals surface area contributed by atoms with Gasteiger partial charge in [-0.1, -0.05) is 18.2 Å². The zero-order valence-electron chi connectivity index (χ0n) is 13.5. The van der Waals surface area contributed by atoms with Gasteiger partial charge in [-0.3, -0.25) is 4.79 Å². The minimum absolute atomic E-state index is 0.0674. The maximum atomic E-state index is 12.4. The van der Waals surface area contributed by atoms with Gasteiger partial charge in [0, 0.05) is 16.0 Å². The molecule has 0 heterocycles. The monoisotopic (exact) mass is 328 g/mol. The van der Waals surface area contributed by atoms with E-state index < -0.39 is 0 Å². The van der Waals surface area contributed by atoms with Crippen LogP contribution >= 0.6 is 11.8 Å². The smallest absolute Gasteiger partial charge is 0.185 e. The Hall–Kier alpha value is -2.20. The Morgan fingerprint density at radius 3 is 2.65 bits per heavy atom. The predicted molar refractivity (Wildman–Crippen MR) is 95.8 cm³/mol. The number of carbonyl (C=O) groups excluding carboxylic acids is 1. The second-order valence-electron chi connectivity index (χ2n) is 4.74. The average Bonchev–Trinajstić information content (AvgIpc) is 2.60. The number of methoxy groups -OCH3 is 1. The number of ether oxygens (including phenoxy) is 2. The Morgan fingerprint density at radius 2 is 1.96 bits per heavy atom. The summed E-state index contributed by atoms with van der Waals surface area (Å²) in [7, 11) is 1.61. The topological polar surface area (TPSA) is 35.5 Å². The summed E-state index contributed by atoms with van der Waals surface area (Å²) in [6.45, 7) is 2.53. The zero-order valence-corrected chi connectivity index (χ0v) is 14.4. The van der Waals surface area contributed by atoms with E-state index in [2.05, 4.69) is 0 Å². The van der Waals surface area contributed by atoms with E-state index in [-0.39, 0.29) is 5.78 Å². The van der Waals surface area contributed by atoms with Crippen LogP contribution in [0.4, 0.5) is 0 Å². The molecule has 0 saturated carbocycles. The highest BCUT2D eigenvalue weighted by Crippen LogP contribution is 2.28.